The quantitative estimate of drug-likeness (QED) is 0.669. The predicted octanol–water partition coefficient (Wildman–Crippen LogP) is 2.35. The first-order valence-electron chi connectivity index (χ1n) is 6.99. The molecule has 1 fully saturated rings. The van der Waals surface area contributed by atoms with E-state index in [0.717, 1.165) is 25.9 Å². The number of hydrogen-bond donors (Lipinski definition) is 1. The molecule has 1 amide bonds. The van der Waals surface area contributed by atoms with Gasteiger partial charge >= 0.3 is 0 Å². The van der Waals surface area contributed by atoms with Crippen molar-refractivity contribution in [3.63, 3.8) is 0 Å². The maximum Gasteiger partial charge on any atom is 0.273 e. The van der Waals surface area contributed by atoms with E-state index in [-0.39, 0.29) is 24.7 Å². The number of carbonyl (C=O) groups excluding carboxylic acids is 1. The van der Waals surface area contributed by atoms with Crippen LogP contribution in [-0.4, -0.2) is 35.4 Å². The monoisotopic (exact) mass is 311 g/mol. The van der Waals surface area contributed by atoms with Crippen LogP contribution in [0.1, 0.15) is 24.8 Å². The Morgan fingerprint density at radius 1 is 1.33 bits per heavy atom. The van der Waals surface area contributed by atoms with Gasteiger partial charge in [-0.2, -0.15) is 0 Å². The molecule has 0 aliphatic carbocycles. The average molecular weight is 312 g/mol. The topological polar surface area (TPSA) is 75.5 Å². The molecule has 7 heteroatoms. The second-order valence-electron chi connectivity index (χ2n) is 5.08. The third-order valence-corrected chi connectivity index (χ3v) is 3.77. The zero-order valence-electron chi connectivity index (χ0n) is 11.7. The van der Waals surface area contributed by atoms with Crippen molar-refractivity contribution in [3.8, 4) is 0 Å². The number of piperidine rings is 1. The molecule has 0 bridgehead atoms. The van der Waals surface area contributed by atoms with Gasteiger partial charge in [0.15, 0.2) is 0 Å². The van der Waals surface area contributed by atoms with Crippen molar-refractivity contribution >= 4 is 23.2 Å². The van der Waals surface area contributed by atoms with E-state index in [2.05, 4.69) is 5.32 Å². The van der Waals surface area contributed by atoms with E-state index in [9.17, 15) is 14.9 Å². The fourth-order valence-corrected chi connectivity index (χ4v) is 2.63. The standard InChI is InChI=1S/C14H18ClN3O3/c15-12-4-5-13(18(20)21)11(8-12)9-16-10-14(19)17-6-2-1-3-7-17/h4-5,8,16H,1-3,6-7,9-10H2. The van der Waals surface area contributed by atoms with Gasteiger partial charge in [-0.05, 0) is 31.4 Å². The molecule has 0 radical (unpaired) electrons. The maximum absolute atomic E-state index is 12.0. The number of nitrogens with one attached hydrogen (secondary N) is 1. The minimum Gasteiger partial charge on any atom is -0.342 e. The minimum atomic E-state index is -0.445. The molecular weight excluding hydrogens is 294 g/mol. The molecule has 0 spiro atoms. The van der Waals surface area contributed by atoms with E-state index in [0.29, 0.717) is 10.6 Å². The lowest BCUT2D eigenvalue weighted by Crippen LogP contribution is -2.41. The van der Waals surface area contributed by atoms with E-state index < -0.39 is 4.92 Å². The molecule has 1 saturated heterocycles. The molecular formula is C14H18ClN3O3. The lowest BCUT2D eigenvalue weighted by molar-refractivity contribution is -0.385. The number of benzene rings is 1. The van der Waals surface area contributed by atoms with Gasteiger partial charge in [0.2, 0.25) is 5.91 Å². The Morgan fingerprint density at radius 3 is 2.71 bits per heavy atom. The third kappa shape index (κ3) is 4.41. The molecule has 6 nitrogen and oxygen atoms in total. The van der Waals surface area contributed by atoms with Crippen molar-refractivity contribution in [1.82, 2.24) is 10.2 Å². The summed E-state index contributed by atoms with van der Waals surface area (Å²) < 4.78 is 0. The first-order valence-corrected chi connectivity index (χ1v) is 7.37. The predicted molar refractivity (Wildman–Crippen MR) is 80.2 cm³/mol. The summed E-state index contributed by atoms with van der Waals surface area (Å²) in [4.78, 5) is 24.3. The van der Waals surface area contributed by atoms with Gasteiger partial charge in [0.25, 0.3) is 5.69 Å². The fraction of sp³-hybridized carbons (Fsp3) is 0.500. The summed E-state index contributed by atoms with van der Waals surface area (Å²) in [5, 5.41) is 14.3. The van der Waals surface area contributed by atoms with Gasteiger partial charge in [0, 0.05) is 36.3 Å². The lowest BCUT2D eigenvalue weighted by atomic mass is 10.1. The molecule has 114 valence electrons. The van der Waals surface area contributed by atoms with Gasteiger partial charge in [-0.1, -0.05) is 11.6 Å². The van der Waals surface area contributed by atoms with Crippen molar-refractivity contribution in [2.45, 2.75) is 25.8 Å². The summed E-state index contributed by atoms with van der Waals surface area (Å²) in [6.45, 7) is 2.04. The Kier molecular flexibility index (Phi) is 5.52. The van der Waals surface area contributed by atoms with E-state index in [4.69, 9.17) is 11.6 Å². The molecule has 1 aliphatic heterocycles. The van der Waals surface area contributed by atoms with E-state index in [1.807, 2.05) is 4.90 Å². The Morgan fingerprint density at radius 2 is 2.05 bits per heavy atom. The van der Waals surface area contributed by atoms with Crippen LogP contribution in [0.2, 0.25) is 5.02 Å². The van der Waals surface area contributed by atoms with Crippen LogP contribution in [0.5, 0.6) is 0 Å². The van der Waals surface area contributed by atoms with Gasteiger partial charge in [-0.3, -0.25) is 14.9 Å². The lowest BCUT2D eigenvalue weighted by Gasteiger charge is -2.26. The Hall–Kier alpha value is -1.66. The largest absolute Gasteiger partial charge is 0.342 e. The molecule has 0 aromatic heterocycles. The highest BCUT2D eigenvalue weighted by Gasteiger charge is 2.17. The van der Waals surface area contributed by atoms with Crippen molar-refractivity contribution in [3.05, 3.63) is 38.9 Å². The van der Waals surface area contributed by atoms with Crippen LogP contribution in [0.4, 0.5) is 5.69 Å². The van der Waals surface area contributed by atoms with Gasteiger partial charge < -0.3 is 10.2 Å². The van der Waals surface area contributed by atoms with Crippen molar-refractivity contribution < 1.29 is 9.72 Å². The molecule has 2 rings (SSSR count). The van der Waals surface area contributed by atoms with E-state index in [1.54, 1.807) is 6.07 Å². The van der Waals surface area contributed by atoms with Gasteiger partial charge in [-0.15, -0.1) is 0 Å². The number of nitro groups is 1. The van der Waals surface area contributed by atoms with Gasteiger partial charge in [0.05, 0.1) is 11.5 Å². The first kappa shape index (κ1) is 15.7. The molecule has 0 atom stereocenters. The number of carbonyl (C=O) groups is 1. The minimum absolute atomic E-state index is 0.0114. The van der Waals surface area contributed by atoms with Gasteiger partial charge in [0.1, 0.15) is 0 Å². The second-order valence-corrected chi connectivity index (χ2v) is 5.51. The summed E-state index contributed by atoms with van der Waals surface area (Å²) in [5.41, 5.74) is 0.497. The molecule has 0 saturated carbocycles. The summed E-state index contributed by atoms with van der Waals surface area (Å²) in [5.74, 6) is 0.0411. The van der Waals surface area contributed by atoms with Crippen LogP contribution in [0.3, 0.4) is 0 Å². The third-order valence-electron chi connectivity index (χ3n) is 3.54. The second kappa shape index (κ2) is 7.38. The van der Waals surface area contributed by atoms with Crippen molar-refractivity contribution in [2.24, 2.45) is 0 Å². The first-order chi connectivity index (χ1) is 10.1. The number of rotatable bonds is 5. The van der Waals surface area contributed by atoms with Crippen molar-refractivity contribution in [1.29, 1.82) is 0 Å². The summed E-state index contributed by atoms with van der Waals surface area (Å²) in [6, 6.07) is 4.42. The Bertz CT molecular complexity index is 530. The highest BCUT2D eigenvalue weighted by molar-refractivity contribution is 6.30. The number of amides is 1. The number of likely N-dealkylation sites (tertiary alicyclic amines) is 1. The number of nitro benzene ring substituents is 1. The maximum atomic E-state index is 12.0. The molecule has 1 aromatic carbocycles. The number of nitrogens with zero attached hydrogens (tertiary/aromatic N) is 2. The normalized spacial score (nSPS) is 15.0. The zero-order valence-corrected chi connectivity index (χ0v) is 12.4. The van der Waals surface area contributed by atoms with Crippen LogP contribution >= 0.6 is 11.6 Å². The summed E-state index contributed by atoms with van der Waals surface area (Å²) >= 11 is 5.86. The van der Waals surface area contributed by atoms with Crippen LogP contribution in [0.25, 0.3) is 0 Å². The highest BCUT2D eigenvalue weighted by Crippen LogP contribution is 2.22. The fourth-order valence-electron chi connectivity index (χ4n) is 2.43. The molecule has 0 unspecified atom stereocenters. The molecule has 1 aromatic rings. The SMILES string of the molecule is O=C(CNCc1cc(Cl)ccc1[N+](=O)[O-])N1CCCCC1. The van der Waals surface area contributed by atoms with Crippen LogP contribution in [0.15, 0.2) is 18.2 Å². The average Bonchev–Trinajstić information content (AvgIpc) is 2.48. The van der Waals surface area contributed by atoms with Crippen LogP contribution in [0, 0.1) is 10.1 Å². The molecule has 1 heterocycles. The van der Waals surface area contributed by atoms with Crippen LogP contribution in [-0.2, 0) is 11.3 Å². The Balaban J connectivity index is 1.89. The number of hydrogen-bond acceptors (Lipinski definition) is 4. The smallest absolute Gasteiger partial charge is 0.273 e. The number of halogens is 1. The molecule has 1 N–H and O–H groups in total. The Labute approximate surface area is 128 Å². The molecule has 1 aliphatic rings. The van der Waals surface area contributed by atoms with E-state index in [1.165, 1.54) is 18.6 Å². The van der Waals surface area contributed by atoms with Crippen LogP contribution < -0.4 is 5.32 Å². The van der Waals surface area contributed by atoms with Crippen molar-refractivity contribution in [2.75, 3.05) is 19.6 Å². The van der Waals surface area contributed by atoms with E-state index >= 15 is 0 Å². The highest BCUT2D eigenvalue weighted by atomic mass is 35.5. The summed E-state index contributed by atoms with van der Waals surface area (Å²) in [6.07, 6.45) is 3.27. The molecule has 21 heavy (non-hydrogen) atoms. The zero-order chi connectivity index (χ0) is 15.2. The summed E-state index contributed by atoms with van der Waals surface area (Å²) in [7, 11) is 0. The van der Waals surface area contributed by atoms with Gasteiger partial charge in [-0.25, -0.2) is 0 Å².